The first-order valence-electron chi connectivity index (χ1n) is 6.26. The fourth-order valence-electron chi connectivity index (χ4n) is 2.05. The number of halogens is 1. The molecule has 3 rings (SSSR count). The first-order valence-corrected chi connectivity index (χ1v) is 7.05. The predicted molar refractivity (Wildman–Crippen MR) is 82.6 cm³/mol. The van der Waals surface area contributed by atoms with E-state index in [2.05, 4.69) is 41.2 Å². The Balaban J connectivity index is 1.96. The van der Waals surface area contributed by atoms with Crippen molar-refractivity contribution in [1.29, 1.82) is 0 Å². The lowest BCUT2D eigenvalue weighted by Gasteiger charge is -2.08. The molecule has 0 saturated carbocycles. The van der Waals surface area contributed by atoms with Crippen molar-refractivity contribution >= 4 is 32.9 Å². The largest absolute Gasteiger partial charge is 0.347 e. The second kappa shape index (κ2) is 5.60. The smallest absolute Gasteiger partial charge is 0.314 e. The molecule has 0 aliphatic carbocycles. The normalized spacial score (nSPS) is 10.8. The van der Waals surface area contributed by atoms with Gasteiger partial charge in [-0.1, -0.05) is 15.9 Å². The summed E-state index contributed by atoms with van der Waals surface area (Å²) in [4.78, 5) is 46.3. The third kappa shape index (κ3) is 2.70. The summed E-state index contributed by atoms with van der Waals surface area (Å²) in [7, 11) is 0. The predicted octanol–water partition coefficient (Wildman–Crippen LogP) is 0.632. The maximum Gasteiger partial charge on any atom is 0.314 e. The molecular weight excluding hydrogens is 354 g/mol. The van der Waals surface area contributed by atoms with Gasteiger partial charge >= 0.3 is 11.1 Å². The van der Waals surface area contributed by atoms with E-state index in [1.54, 1.807) is 12.1 Å². The van der Waals surface area contributed by atoms with E-state index in [-0.39, 0.29) is 12.5 Å². The van der Waals surface area contributed by atoms with Gasteiger partial charge in [-0.05, 0) is 17.7 Å². The van der Waals surface area contributed by atoms with Gasteiger partial charge < -0.3 is 20.3 Å². The fraction of sp³-hybridized carbons (Fsp3) is 0.0769. The molecule has 3 aromatic rings. The Morgan fingerprint density at radius 1 is 1.23 bits per heavy atom. The highest BCUT2D eigenvalue weighted by Crippen LogP contribution is 2.20. The zero-order chi connectivity index (χ0) is 15.7. The minimum atomic E-state index is -0.740. The molecule has 4 N–H and O–H groups in total. The van der Waals surface area contributed by atoms with Crippen molar-refractivity contribution in [2.45, 2.75) is 6.54 Å². The van der Waals surface area contributed by atoms with Crippen molar-refractivity contribution in [1.82, 2.24) is 25.3 Å². The standard InChI is InChI=1S/C13H10BrN5O3/c14-7-1-6(3-16-11(20)9-4-15-5-17-9)10-8(2-7)18-12(21)13(22)19-10/h1-2,4-5H,3H2,(H,15,17)(H,16,20)(H,18,21)(H,19,22). The lowest BCUT2D eigenvalue weighted by Crippen LogP contribution is -2.30. The number of imidazole rings is 1. The molecule has 0 saturated heterocycles. The van der Waals surface area contributed by atoms with E-state index in [0.717, 1.165) is 0 Å². The molecule has 0 atom stereocenters. The highest BCUT2D eigenvalue weighted by molar-refractivity contribution is 9.10. The average Bonchev–Trinajstić information content (AvgIpc) is 3.00. The zero-order valence-corrected chi connectivity index (χ0v) is 12.7. The number of aromatic amines is 3. The molecule has 0 unspecified atom stereocenters. The van der Waals surface area contributed by atoms with Gasteiger partial charge in [0.1, 0.15) is 5.69 Å². The van der Waals surface area contributed by atoms with Crippen molar-refractivity contribution in [2.24, 2.45) is 0 Å². The van der Waals surface area contributed by atoms with E-state index in [1.165, 1.54) is 12.5 Å². The number of amides is 1. The average molecular weight is 364 g/mol. The van der Waals surface area contributed by atoms with Crippen LogP contribution in [-0.4, -0.2) is 25.8 Å². The van der Waals surface area contributed by atoms with E-state index in [4.69, 9.17) is 0 Å². The third-order valence-corrected chi connectivity index (χ3v) is 3.52. The Morgan fingerprint density at radius 3 is 2.73 bits per heavy atom. The van der Waals surface area contributed by atoms with Crippen LogP contribution in [0.3, 0.4) is 0 Å². The van der Waals surface area contributed by atoms with E-state index in [0.29, 0.717) is 26.8 Å². The van der Waals surface area contributed by atoms with Crippen LogP contribution in [0.2, 0.25) is 0 Å². The molecule has 0 bridgehead atoms. The number of benzene rings is 1. The first kappa shape index (κ1) is 14.3. The van der Waals surface area contributed by atoms with E-state index >= 15 is 0 Å². The quantitative estimate of drug-likeness (QED) is 0.509. The number of nitrogens with zero attached hydrogens (tertiary/aromatic N) is 1. The molecule has 1 amide bonds. The first-order chi connectivity index (χ1) is 10.5. The summed E-state index contributed by atoms with van der Waals surface area (Å²) in [6, 6.07) is 3.43. The lowest BCUT2D eigenvalue weighted by molar-refractivity contribution is 0.0946. The summed E-state index contributed by atoms with van der Waals surface area (Å²) in [6.45, 7) is 0.176. The van der Waals surface area contributed by atoms with Gasteiger partial charge in [-0.2, -0.15) is 0 Å². The summed E-state index contributed by atoms with van der Waals surface area (Å²) in [6.07, 6.45) is 2.82. The van der Waals surface area contributed by atoms with Crippen LogP contribution >= 0.6 is 15.9 Å². The van der Waals surface area contributed by atoms with Crippen LogP contribution in [0.4, 0.5) is 0 Å². The number of aromatic nitrogens is 4. The van der Waals surface area contributed by atoms with Crippen molar-refractivity contribution in [3.8, 4) is 0 Å². The van der Waals surface area contributed by atoms with Gasteiger partial charge in [0, 0.05) is 11.0 Å². The Hall–Kier alpha value is -2.68. The van der Waals surface area contributed by atoms with Crippen molar-refractivity contribution < 1.29 is 4.79 Å². The molecule has 1 aromatic carbocycles. The van der Waals surface area contributed by atoms with Crippen molar-refractivity contribution in [3.05, 3.63) is 61.1 Å². The van der Waals surface area contributed by atoms with Crippen LogP contribution in [0.25, 0.3) is 11.0 Å². The van der Waals surface area contributed by atoms with E-state index in [1.807, 2.05) is 0 Å². The number of hydrogen-bond acceptors (Lipinski definition) is 4. The Labute approximate surface area is 131 Å². The van der Waals surface area contributed by atoms with Crippen LogP contribution in [0.1, 0.15) is 16.1 Å². The second-order valence-corrected chi connectivity index (χ2v) is 5.46. The molecule has 2 heterocycles. The minimum absolute atomic E-state index is 0.176. The Kier molecular flexibility index (Phi) is 3.63. The van der Waals surface area contributed by atoms with Gasteiger partial charge in [0.25, 0.3) is 5.91 Å². The van der Waals surface area contributed by atoms with Crippen LogP contribution in [0.5, 0.6) is 0 Å². The molecular formula is C13H10BrN5O3. The highest BCUT2D eigenvalue weighted by Gasteiger charge is 2.10. The molecule has 0 spiro atoms. The van der Waals surface area contributed by atoms with Crippen LogP contribution in [0, 0.1) is 0 Å². The van der Waals surface area contributed by atoms with E-state index in [9.17, 15) is 14.4 Å². The minimum Gasteiger partial charge on any atom is -0.347 e. The molecule has 0 radical (unpaired) electrons. The molecule has 0 fully saturated rings. The van der Waals surface area contributed by atoms with Crippen LogP contribution < -0.4 is 16.4 Å². The summed E-state index contributed by atoms with van der Waals surface area (Å²) in [5.41, 5.74) is 0.475. The lowest BCUT2D eigenvalue weighted by atomic mass is 10.1. The zero-order valence-electron chi connectivity index (χ0n) is 11.1. The maximum atomic E-state index is 11.9. The number of H-pyrrole nitrogens is 3. The van der Waals surface area contributed by atoms with Crippen LogP contribution in [-0.2, 0) is 6.54 Å². The van der Waals surface area contributed by atoms with Crippen LogP contribution in [0.15, 0.2) is 38.7 Å². The van der Waals surface area contributed by atoms with E-state index < -0.39 is 11.1 Å². The number of carbonyl (C=O) groups is 1. The molecule has 112 valence electrons. The summed E-state index contributed by atoms with van der Waals surface area (Å²) >= 11 is 3.33. The number of nitrogens with one attached hydrogen (secondary N) is 4. The highest BCUT2D eigenvalue weighted by atomic mass is 79.9. The SMILES string of the molecule is O=C(NCc1cc(Br)cc2[nH]c(=O)c(=O)[nH]c12)c1cnc[nH]1. The summed E-state index contributed by atoms with van der Waals surface area (Å²) in [5.74, 6) is -0.322. The summed E-state index contributed by atoms with van der Waals surface area (Å²) in [5, 5.41) is 2.71. The third-order valence-electron chi connectivity index (χ3n) is 3.06. The summed E-state index contributed by atoms with van der Waals surface area (Å²) < 4.78 is 0.716. The Bertz CT molecular complexity index is 958. The topological polar surface area (TPSA) is 124 Å². The number of fused-ring (bicyclic) bond motifs is 1. The van der Waals surface area contributed by atoms with Gasteiger partial charge in [-0.25, -0.2) is 4.98 Å². The van der Waals surface area contributed by atoms with Gasteiger partial charge in [0.2, 0.25) is 0 Å². The van der Waals surface area contributed by atoms with Gasteiger partial charge in [0.05, 0.1) is 23.6 Å². The number of carbonyl (C=O) groups excluding carboxylic acids is 1. The monoisotopic (exact) mass is 363 g/mol. The molecule has 9 heteroatoms. The molecule has 22 heavy (non-hydrogen) atoms. The molecule has 2 aromatic heterocycles. The van der Waals surface area contributed by atoms with Crippen molar-refractivity contribution in [2.75, 3.05) is 0 Å². The molecule has 8 nitrogen and oxygen atoms in total. The Morgan fingerprint density at radius 2 is 2.00 bits per heavy atom. The number of hydrogen-bond donors (Lipinski definition) is 4. The molecule has 0 aliphatic heterocycles. The van der Waals surface area contributed by atoms with Gasteiger partial charge in [0.15, 0.2) is 0 Å². The van der Waals surface area contributed by atoms with Gasteiger partial charge in [-0.3, -0.25) is 14.4 Å². The molecule has 0 aliphatic rings. The van der Waals surface area contributed by atoms with Gasteiger partial charge in [-0.15, -0.1) is 0 Å². The fourth-order valence-corrected chi connectivity index (χ4v) is 2.55. The number of rotatable bonds is 3. The van der Waals surface area contributed by atoms with Crippen molar-refractivity contribution in [3.63, 3.8) is 0 Å². The second-order valence-electron chi connectivity index (χ2n) is 4.54. The maximum absolute atomic E-state index is 11.9.